The SMILES string of the molecule is COc1cnccc1C(=O)NCC(C)CN. The van der Waals surface area contributed by atoms with Gasteiger partial charge in [0.25, 0.3) is 5.91 Å². The molecule has 0 aliphatic carbocycles. The van der Waals surface area contributed by atoms with Gasteiger partial charge in [-0.15, -0.1) is 0 Å². The van der Waals surface area contributed by atoms with Gasteiger partial charge in [-0.3, -0.25) is 9.78 Å². The molecule has 3 N–H and O–H groups in total. The number of nitrogens with zero attached hydrogens (tertiary/aromatic N) is 1. The molecular weight excluding hydrogens is 206 g/mol. The minimum absolute atomic E-state index is 0.167. The zero-order valence-electron chi connectivity index (χ0n) is 9.56. The van der Waals surface area contributed by atoms with Gasteiger partial charge in [-0.2, -0.15) is 0 Å². The fourth-order valence-electron chi connectivity index (χ4n) is 1.18. The highest BCUT2D eigenvalue weighted by atomic mass is 16.5. The van der Waals surface area contributed by atoms with Crippen molar-refractivity contribution in [2.24, 2.45) is 11.7 Å². The van der Waals surface area contributed by atoms with Crippen molar-refractivity contribution in [3.8, 4) is 5.75 Å². The lowest BCUT2D eigenvalue weighted by Crippen LogP contribution is -2.31. The van der Waals surface area contributed by atoms with Crippen molar-refractivity contribution in [2.75, 3.05) is 20.2 Å². The molecule has 5 heteroatoms. The molecule has 5 nitrogen and oxygen atoms in total. The summed E-state index contributed by atoms with van der Waals surface area (Å²) < 4.78 is 5.05. The van der Waals surface area contributed by atoms with Gasteiger partial charge in [0.2, 0.25) is 0 Å². The van der Waals surface area contributed by atoms with Crippen LogP contribution in [-0.2, 0) is 0 Å². The first-order valence-electron chi connectivity index (χ1n) is 5.15. The van der Waals surface area contributed by atoms with E-state index in [-0.39, 0.29) is 11.8 Å². The maximum Gasteiger partial charge on any atom is 0.255 e. The first-order chi connectivity index (χ1) is 7.69. The minimum Gasteiger partial charge on any atom is -0.494 e. The molecule has 0 aliphatic heterocycles. The number of amides is 1. The van der Waals surface area contributed by atoms with Crippen LogP contribution < -0.4 is 15.8 Å². The predicted molar refractivity (Wildman–Crippen MR) is 61.3 cm³/mol. The second-order valence-corrected chi connectivity index (χ2v) is 3.63. The molecule has 1 rings (SSSR count). The minimum atomic E-state index is -0.167. The quantitative estimate of drug-likeness (QED) is 0.758. The van der Waals surface area contributed by atoms with E-state index in [1.165, 1.54) is 13.3 Å². The van der Waals surface area contributed by atoms with E-state index in [9.17, 15) is 4.79 Å². The summed E-state index contributed by atoms with van der Waals surface area (Å²) in [6.07, 6.45) is 3.07. The number of rotatable bonds is 5. The summed E-state index contributed by atoms with van der Waals surface area (Å²) in [5, 5.41) is 2.80. The molecule has 16 heavy (non-hydrogen) atoms. The van der Waals surface area contributed by atoms with Crippen LogP contribution in [-0.4, -0.2) is 31.1 Å². The van der Waals surface area contributed by atoms with Crippen LogP contribution in [0, 0.1) is 5.92 Å². The Kier molecular flexibility index (Phi) is 4.72. The van der Waals surface area contributed by atoms with Gasteiger partial charge in [-0.1, -0.05) is 6.92 Å². The molecule has 1 aromatic rings. The molecule has 0 spiro atoms. The standard InChI is InChI=1S/C11H17N3O2/c1-8(5-12)6-14-11(15)9-3-4-13-7-10(9)16-2/h3-4,7-8H,5-6,12H2,1-2H3,(H,14,15). The highest BCUT2D eigenvalue weighted by molar-refractivity contribution is 5.96. The summed E-state index contributed by atoms with van der Waals surface area (Å²) in [6.45, 7) is 3.08. The van der Waals surface area contributed by atoms with Gasteiger partial charge >= 0.3 is 0 Å². The zero-order valence-corrected chi connectivity index (χ0v) is 9.56. The summed E-state index contributed by atoms with van der Waals surface area (Å²) in [6, 6.07) is 1.63. The van der Waals surface area contributed by atoms with E-state index in [0.29, 0.717) is 24.4 Å². The molecule has 0 aliphatic rings. The van der Waals surface area contributed by atoms with Crippen LogP contribution in [0.2, 0.25) is 0 Å². The van der Waals surface area contributed by atoms with Gasteiger partial charge in [0, 0.05) is 12.7 Å². The second kappa shape index (κ2) is 6.07. The molecule has 0 aromatic carbocycles. The first kappa shape index (κ1) is 12.4. The summed E-state index contributed by atoms with van der Waals surface area (Å²) in [7, 11) is 1.51. The predicted octanol–water partition coefficient (Wildman–Crippen LogP) is 0.415. The maximum atomic E-state index is 11.8. The number of nitrogens with one attached hydrogen (secondary N) is 1. The Morgan fingerprint density at radius 1 is 1.69 bits per heavy atom. The van der Waals surface area contributed by atoms with E-state index in [1.54, 1.807) is 12.3 Å². The van der Waals surface area contributed by atoms with Crippen molar-refractivity contribution < 1.29 is 9.53 Å². The molecule has 88 valence electrons. The van der Waals surface area contributed by atoms with E-state index in [2.05, 4.69) is 10.3 Å². The number of methoxy groups -OCH3 is 1. The van der Waals surface area contributed by atoms with Crippen LogP contribution in [0.3, 0.4) is 0 Å². The van der Waals surface area contributed by atoms with Gasteiger partial charge in [-0.25, -0.2) is 0 Å². The number of carbonyl (C=O) groups is 1. The third-order valence-electron chi connectivity index (χ3n) is 2.26. The van der Waals surface area contributed by atoms with E-state index in [4.69, 9.17) is 10.5 Å². The lowest BCUT2D eigenvalue weighted by Gasteiger charge is -2.11. The summed E-state index contributed by atoms with van der Waals surface area (Å²) >= 11 is 0. The third-order valence-corrected chi connectivity index (χ3v) is 2.26. The molecule has 1 aromatic heterocycles. The molecule has 0 radical (unpaired) electrons. The Morgan fingerprint density at radius 3 is 3.06 bits per heavy atom. The van der Waals surface area contributed by atoms with Gasteiger partial charge in [0.15, 0.2) is 0 Å². The Morgan fingerprint density at radius 2 is 2.44 bits per heavy atom. The molecule has 1 amide bonds. The number of hydrogen-bond acceptors (Lipinski definition) is 4. The second-order valence-electron chi connectivity index (χ2n) is 3.63. The van der Waals surface area contributed by atoms with Crippen molar-refractivity contribution in [3.63, 3.8) is 0 Å². The number of pyridine rings is 1. The van der Waals surface area contributed by atoms with Crippen molar-refractivity contribution in [3.05, 3.63) is 24.0 Å². The molecule has 0 saturated carbocycles. The molecule has 0 saturated heterocycles. The summed E-state index contributed by atoms with van der Waals surface area (Å²) in [5.41, 5.74) is 5.95. The van der Waals surface area contributed by atoms with Crippen molar-refractivity contribution >= 4 is 5.91 Å². The van der Waals surface area contributed by atoms with Crippen LogP contribution in [0.25, 0.3) is 0 Å². The average molecular weight is 223 g/mol. The number of hydrogen-bond donors (Lipinski definition) is 2. The van der Waals surface area contributed by atoms with Gasteiger partial charge < -0.3 is 15.8 Å². The van der Waals surface area contributed by atoms with Crippen molar-refractivity contribution in [2.45, 2.75) is 6.92 Å². The number of ether oxygens (including phenoxy) is 1. The Labute approximate surface area is 95.0 Å². The molecular formula is C11H17N3O2. The Bertz CT molecular complexity index is 355. The molecule has 0 bridgehead atoms. The molecule has 1 unspecified atom stereocenters. The Hall–Kier alpha value is -1.62. The highest BCUT2D eigenvalue weighted by Crippen LogP contribution is 2.15. The van der Waals surface area contributed by atoms with E-state index in [1.807, 2.05) is 6.92 Å². The monoisotopic (exact) mass is 223 g/mol. The van der Waals surface area contributed by atoms with Crippen LogP contribution in [0.15, 0.2) is 18.5 Å². The number of nitrogens with two attached hydrogens (primary N) is 1. The molecule has 0 fully saturated rings. The fraction of sp³-hybridized carbons (Fsp3) is 0.455. The van der Waals surface area contributed by atoms with Gasteiger partial charge in [-0.05, 0) is 18.5 Å². The molecule has 1 heterocycles. The summed E-state index contributed by atoms with van der Waals surface area (Å²) in [5.74, 6) is 0.566. The normalized spacial score (nSPS) is 11.9. The van der Waals surface area contributed by atoms with Crippen molar-refractivity contribution in [1.82, 2.24) is 10.3 Å². The maximum absolute atomic E-state index is 11.8. The lowest BCUT2D eigenvalue weighted by atomic mass is 10.1. The van der Waals surface area contributed by atoms with E-state index < -0.39 is 0 Å². The van der Waals surface area contributed by atoms with Crippen LogP contribution >= 0.6 is 0 Å². The van der Waals surface area contributed by atoms with E-state index >= 15 is 0 Å². The smallest absolute Gasteiger partial charge is 0.255 e. The largest absolute Gasteiger partial charge is 0.494 e. The van der Waals surface area contributed by atoms with E-state index in [0.717, 1.165) is 0 Å². The topological polar surface area (TPSA) is 77.2 Å². The Balaban J connectivity index is 2.65. The average Bonchev–Trinajstić information content (AvgIpc) is 2.35. The fourth-order valence-corrected chi connectivity index (χ4v) is 1.18. The van der Waals surface area contributed by atoms with Gasteiger partial charge in [0.05, 0.1) is 18.9 Å². The van der Waals surface area contributed by atoms with Crippen LogP contribution in [0.1, 0.15) is 17.3 Å². The number of aromatic nitrogens is 1. The third kappa shape index (κ3) is 3.20. The van der Waals surface area contributed by atoms with Crippen molar-refractivity contribution in [1.29, 1.82) is 0 Å². The first-order valence-corrected chi connectivity index (χ1v) is 5.15. The van der Waals surface area contributed by atoms with Crippen LogP contribution in [0.5, 0.6) is 5.75 Å². The molecule has 1 atom stereocenters. The summed E-state index contributed by atoms with van der Waals surface area (Å²) in [4.78, 5) is 15.7. The zero-order chi connectivity index (χ0) is 12.0. The lowest BCUT2D eigenvalue weighted by molar-refractivity contribution is 0.0945. The number of carbonyl (C=O) groups excluding carboxylic acids is 1. The van der Waals surface area contributed by atoms with Gasteiger partial charge in [0.1, 0.15) is 5.75 Å². The highest BCUT2D eigenvalue weighted by Gasteiger charge is 2.12. The van der Waals surface area contributed by atoms with Crippen LogP contribution in [0.4, 0.5) is 0 Å².